The molecular formula is C19H14ClN3O2S. The Labute approximate surface area is 159 Å². The van der Waals surface area contributed by atoms with Crippen LogP contribution in [-0.4, -0.2) is 10.9 Å². The number of halogens is 1. The summed E-state index contributed by atoms with van der Waals surface area (Å²) in [4.78, 5) is 17.4. The molecule has 0 radical (unpaired) electrons. The number of anilines is 1. The van der Waals surface area contributed by atoms with Gasteiger partial charge in [-0.3, -0.25) is 10.1 Å². The molecule has 3 aromatic rings. The monoisotopic (exact) mass is 383 g/mol. The number of nitrogens with zero attached hydrogens (tertiary/aromatic N) is 2. The number of nitriles is 1. The van der Waals surface area contributed by atoms with E-state index in [2.05, 4.69) is 10.3 Å². The predicted octanol–water partition coefficient (Wildman–Crippen LogP) is 4.83. The molecule has 1 amide bonds. The number of carbonyl (C=O) groups is 1. The largest absolute Gasteiger partial charge is 0.462 e. The van der Waals surface area contributed by atoms with Crippen LogP contribution in [0.1, 0.15) is 22.0 Å². The van der Waals surface area contributed by atoms with E-state index in [1.807, 2.05) is 30.3 Å². The molecule has 26 heavy (non-hydrogen) atoms. The normalized spacial score (nSPS) is 11.2. The minimum atomic E-state index is -0.528. The van der Waals surface area contributed by atoms with E-state index < -0.39 is 5.91 Å². The number of rotatable bonds is 5. The summed E-state index contributed by atoms with van der Waals surface area (Å²) in [5.74, 6) is 0.631. The lowest BCUT2D eigenvalue weighted by Gasteiger charge is -2.01. The summed E-state index contributed by atoms with van der Waals surface area (Å²) in [5, 5.41) is 13.0. The zero-order valence-corrected chi connectivity index (χ0v) is 15.4. The minimum Gasteiger partial charge on any atom is -0.462 e. The second-order valence-corrected chi connectivity index (χ2v) is 6.99. The van der Waals surface area contributed by atoms with Gasteiger partial charge in [0, 0.05) is 28.6 Å². The van der Waals surface area contributed by atoms with Gasteiger partial charge < -0.3 is 4.42 Å². The molecule has 3 rings (SSSR count). The lowest BCUT2D eigenvalue weighted by atomic mass is 10.1. The smallest absolute Gasteiger partial charge is 0.268 e. The molecule has 7 heteroatoms. The zero-order chi connectivity index (χ0) is 18.5. The van der Waals surface area contributed by atoms with Gasteiger partial charge in [-0.15, -0.1) is 11.3 Å². The van der Waals surface area contributed by atoms with Gasteiger partial charge in [0.25, 0.3) is 5.91 Å². The van der Waals surface area contributed by atoms with Crippen molar-refractivity contribution < 1.29 is 9.21 Å². The summed E-state index contributed by atoms with van der Waals surface area (Å²) < 4.78 is 5.36. The topological polar surface area (TPSA) is 78.9 Å². The lowest BCUT2D eigenvalue weighted by molar-refractivity contribution is -0.112. The van der Waals surface area contributed by atoms with Crippen molar-refractivity contribution in [2.24, 2.45) is 0 Å². The van der Waals surface area contributed by atoms with E-state index >= 15 is 0 Å². The van der Waals surface area contributed by atoms with E-state index in [0.717, 1.165) is 10.4 Å². The van der Waals surface area contributed by atoms with Gasteiger partial charge in [-0.2, -0.15) is 5.26 Å². The number of aryl methyl sites for hydroxylation is 1. The SMILES string of the molecule is Cc1ccc(C=C(C#N)C(=O)Nc2ncc(Cc3ccccc3Cl)s2)o1. The summed E-state index contributed by atoms with van der Waals surface area (Å²) in [6.07, 6.45) is 3.72. The molecule has 1 aromatic carbocycles. The van der Waals surface area contributed by atoms with Crippen molar-refractivity contribution in [2.45, 2.75) is 13.3 Å². The third-order valence-corrected chi connectivity index (χ3v) is 4.79. The third-order valence-electron chi connectivity index (χ3n) is 3.51. The van der Waals surface area contributed by atoms with Crippen LogP contribution >= 0.6 is 22.9 Å². The molecule has 1 N–H and O–H groups in total. The van der Waals surface area contributed by atoms with Crippen molar-refractivity contribution in [1.29, 1.82) is 5.26 Å². The Kier molecular flexibility index (Phi) is 5.52. The zero-order valence-electron chi connectivity index (χ0n) is 13.8. The molecule has 0 atom stereocenters. The third kappa shape index (κ3) is 4.39. The number of furan rings is 1. The summed E-state index contributed by atoms with van der Waals surface area (Å²) in [6.45, 7) is 1.79. The number of thiazole rings is 1. The van der Waals surface area contributed by atoms with Gasteiger partial charge in [-0.05, 0) is 30.7 Å². The van der Waals surface area contributed by atoms with Crippen molar-refractivity contribution in [3.05, 3.63) is 75.2 Å². The van der Waals surface area contributed by atoms with E-state index in [9.17, 15) is 10.1 Å². The van der Waals surface area contributed by atoms with Crippen LogP contribution in [0.3, 0.4) is 0 Å². The Morgan fingerprint density at radius 1 is 1.38 bits per heavy atom. The molecule has 0 aliphatic rings. The van der Waals surface area contributed by atoms with E-state index in [0.29, 0.717) is 28.1 Å². The van der Waals surface area contributed by atoms with Crippen LogP contribution < -0.4 is 5.32 Å². The number of amides is 1. The fraction of sp³-hybridized carbons (Fsp3) is 0.105. The molecule has 0 bridgehead atoms. The van der Waals surface area contributed by atoms with E-state index in [1.165, 1.54) is 17.4 Å². The molecule has 0 aliphatic heterocycles. The molecule has 0 fully saturated rings. The first-order valence-electron chi connectivity index (χ1n) is 7.73. The number of aromatic nitrogens is 1. The molecular weight excluding hydrogens is 370 g/mol. The summed E-state index contributed by atoms with van der Waals surface area (Å²) >= 11 is 7.51. The Balaban J connectivity index is 1.70. The van der Waals surface area contributed by atoms with Crippen molar-refractivity contribution in [1.82, 2.24) is 4.98 Å². The Morgan fingerprint density at radius 2 is 2.19 bits per heavy atom. The van der Waals surface area contributed by atoms with Gasteiger partial charge in [0.2, 0.25) is 0 Å². The predicted molar refractivity (Wildman–Crippen MR) is 102 cm³/mol. The molecule has 0 aliphatic carbocycles. The second kappa shape index (κ2) is 8.00. The van der Waals surface area contributed by atoms with Gasteiger partial charge in [0.05, 0.1) is 0 Å². The Bertz CT molecular complexity index is 1010. The highest BCUT2D eigenvalue weighted by Crippen LogP contribution is 2.25. The van der Waals surface area contributed by atoms with Crippen LogP contribution in [0.2, 0.25) is 5.02 Å². The van der Waals surface area contributed by atoms with Crippen LogP contribution in [0, 0.1) is 18.3 Å². The molecule has 0 spiro atoms. The Morgan fingerprint density at radius 3 is 2.88 bits per heavy atom. The lowest BCUT2D eigenvalue weighted by Crippen LogP contribution is -2.13. The first-order valence-corrected chi connectivity index (χ1v) is 8.92. The van der Waals surface area contributed by atoms with Gasteiger partial charge in [-0.25, -0.2) is 4.98 Å². The number of nitrogens with one attached hydrogen (secondary N) is 1. The van der Waals surface area contributed by atoms with E-state index in [4.69, 9.17) is 16.0 Å². The number of carbonyl (C=O) groups excluding carboxylic acids is 1. The molecule has 5 nitrogen and oxygen atoms in total. The van der Waals surface area contributed by atoms with E-state index in [-0.39, 0.29) is 5.57 Å². The molecule has 0 unspecified atom stereocenters. The van der Waals surface area contributed by atoms with Crippen LogP contribution in [0.25, 0.3) is 6.08 Å². The van der Waals surface area contributed by atoms with Crippen molar-refractivity contribution >= 4 is 40.1 Å². The molecule has 2 heterocycles. The minimum absolute atomic E-state index is 0.0535. The Hall–Kier alpha value is -2.88. The van der Waals surface area contributed by atoms with Crippen LogP contribution in [-0.2, 0) is 11.2 Å². The average Bonchev–Trinajstić information content (AvgIpc) is 3.23. The van der Waals surface area contributed by atoms with E-state index in [1.54, 1.807) is 25.3 Å². The number of benzene rings is 1. The van der Waals surface area contributed by atoms with Crippen LogP contribution in [0.4, 0.5) is 5.13 Å². The fourth-order valence-corrected chi connectivity index (χ4v) is 3.30. The van der Waals surface area contributed by atoms with Crippen molar-refractivity contribution in [3.63, 3.8) is 0 Å². The highest BCUT2D eigenvalue weighted by Gasteiger charge is 2.13. The number of hydrogen-bond donors (Lipinski definition) is 1. The van der Waals surface area contributed by atoms with Gasteiger partial charge in [0.1, 0.15) is 23.2 Å². The van der Waals surface area contributed by atoms with Crippen LogP contribution in [0.5, 0.6) is 0 Å². The van der Waals surface area contributed by atoms with Crippen molar-refractivity contribution in [2.75, 3.05) is 5.32 Å². The molecule has 0 saturated heterocycles. The fourth-order valence-electron chi connectivity index (χ4n) is 2.26. The summed E-state index contributed by atoms with van der Waals surface area (Å²) in [5.41, 5.74) is 0.934. The van der Waals surface area contributed by atoms with Crippen molar-refractivity contribution in [3.8, 4) is 6.07 Å². The molecule has 2 aromatic heterocycles. The first kappa shape index (κ1) is 17.9. The maximum absolute atomic E-state index is 12.3. The highest BCUT2D eigenvalue weighted by molar-refractivity contribution is 7.15. The molecule has 0 saturated carbocycles. The average molecular weight is 384 g/mol. The summed E-state index contributed by atoms with van der Waals surface area (Å²) in [6, 6.07) is 12.9. The number of hydrogen-bond acceptors (Lipinski definition) is 5. The second-order valence-electron chi connectivity index (χ2n) is 5.47. The van der Waals surface area contributed by atoms with Gasteiger partial charge >= 0.3 is 0 Å². The standard InChI is InChI=1S/C19H14ClN3O2S/c1-12-6-7-15(25-12)8-14(10-21)18(24)23-19-22-11-16(26-19)9-13-4-2-3-5-17(13)20/h2-8,11H,9H2,1H3,(H,22,23,24). The van der Waals surface area contributed by atoms with Crippen LogP contribution in [0.15, 0.2) is 52.6 Å². The first-order chi connectivity index (χ1) is 12.5. The highest BCUT2D eigenvalue weighted by atomic mass is 35.5. The maximum atomic E-state index is 12.3. The summed E-state index contributed by atoms with van der Waals surface area (Å²) in [7, 11) is 0. The molecule has 130 valence electrons. The maximum Gasteiger partial charge on any atom is 0.268 e. The van der Waals surface area contributed by atoms with Gasteiger partial charge in [0.15, 0.2) is 5.13 Å². The van der Waals surface area contributed by atoms with Gasteiger partial charge in [-0.1, -0.05) is 29.8 Å². The quantitative estimate of drug-likeness (QED) is 0.505.